The van der Waals surface area contributed by atoms with E-state index >= 15 is 0 Å². The number of sulfonamides is 1. The standard InChI is InChI=1S/C17H19FN2O2S.CH4/c1-13-2-6-17(7-3-13)23(21,22)19-16-5-4-14-8-10-20(18)11-9-15(14)12-16;/h2-7,12,19H,8-11H2,1H3;1H4. The van der Waals surface area contributed by atoms with Crippen LogP contribution >= 0.6 is 0 Å². The maximum absolute atomic E-state index is 13.4. The Kier molecular flexibility index (Phi) is 5.62. The number of fused-ring (bicyclic) bond motifs is 1. The van der Waals surface area contributed by atoms with Crippen molar-refractivity contribution in [1.29, 1.82) is 0 Å². The zero-order chi connectivity index (χ0) is 16.4. The topological polar surface area (TPSA) is 49.4 Å². The van der Waals surface area contributed by atoms with E-state index in [4.69, 9.17) is 0 Å². The van der Waals surface area contributed by atoms with Crippen LogP contribution in [0.3, 0.4) is 0 Å². The molecule has 24 heavy (non-hydrogen) atoms. The summed E-state index contributed by atoms with van der Waals surface area (Å²) in [7, 11) is -3.61. The van der Waals surface area contributed by atoms with Crippen LogP contribution in [0.1, 0.15) is 24.1 Å². The minimum absolute atomic E-state index is 0. The Morgan fingerprint density at radius 1 is 1.00 bits per heavy atom. The van der Waals surface area contributed by atoms with E-state index in [1.807, 2.05) is 13.0 Å². The number of halogens is 1. The van der Waals surface area contributed by atoms with Crippen LogP contribution in [0.5, 0.6) is 0 Å². The molecule has 1 aliphatic heterocycles. The van der Waals surface area contributed by atoms with Crippen molar-refractivity contribution in [2.24, 2.45) is 0 Å². The lowest BCUT2D eigenvalue weighted by molar-refractivity contribution is 0.0311. The molecule has 3 rings (SSSR count). The summed E-state index contributed by atoms with van der Waals surface area (Å²) >= 11 is 0. The van der Waals surface area contributed by atoms with Crippen molar-refractivity contribution >= 4 is 15.7 Å². The Morgan fingerprint density at radius 3 is 2.29 bits per heavy atom. The van der Waals surface area contributed by atoms with Crippen molar-refractivity contribution in [3.8, 4) is 0 Å². The fraction of sp³-hybridized carbons (Fsp3) is 0.333. The molecule has 2 aromatic rings. The van der Waals surface area contributed by atoms with E-state index in [0.717, 1.165) is 21.8 Å². The van der Waals surface area contributed by atoms with Crippen LogP contribution in [0.2, 0.25) is 0 Å². The van der Waals surface area contributed by atoms with Gasteiger partial charge in [-0.25, -0.2) is 8.42 Å². The highest BCUT2D eigenvalue weighted by atomic mass is 32.2. The Bertz CT molecular complexity index is 804. The molecule has 1 aliphatic rings. The van der Waals surface area contributed by atoms with E-state index in [2.05, 4.69) is 4.72 Å². The van der Waals surface area contributed by atoms with Crippen LogP contribution < -0.4 is 4.72 Å². The van der Waals surface area contributed by atoms with Crippen molar-refractivity contribution in [2.75, 3.05) is 17.8 Å². The van der Waals surface area contributed by atoms with Gasteiger partial charge in [-0.05, 0) is 55.2 Å². The van der Waals surface area contributed by atoms with Gasteiger partial charge in [0.25, 0.3) is 10.0 Å². The van der Waals surface area contributed by atoms with Crippen LogP contribution in [0.4, 0.5) is 10.2 Å². The average Bonchev–Trinajstić information content (AvgIpc) is 2.69. The molecule has 0 fully saturated rings. The molecule has 0 bridgehead atoms. The number of benzene rings is 2. The molecule has 6 heteroatoms. The normalized spacial score (nSPS) is 15.1. The SMILES string of the molecule is C.Cc1ccc(S(=O)(=O)Nc2ccc3c(c2)CCN(F)CC3)cc1. The van der Waals surface area contributed by atoms with Gasteiger partial charge >= 0.3 is 0 Å². The molecule has 0 saturated carbocycles. The lowest BCUT2D eigenvalue weighted by Gasteiger charge is -2.11. The van der Waals surface area contributed by atoms with Gasteiger partial charge in [0, 0.05) is 18.8 Å². The molecule has 0 atom stereocenters. The molecule has 0 radical (unpaired) electrons. The van der Waals surface area contributed by atoms with Gasteiger partial charge in [-0.2, -0.15) is 0 Å². The summed E-state index contributed by atoms with van der Waals surface area (Å²) in [5.41, 5.74) is 3.58. The summed E-state index contributed by atoms with van der Waals surface area (Å²) in [4.78, 5) is 0.230. The van der Waals surface area contributed by atoms with E-state index in [1.165, 1.54) is 0 Å². The molecule has 0 aliphatic carbocycles. The first-order chi connectivity index (χ1) is 10.9. The van der Waals surface area contributed by atoms with Crippen molar-refractivity contribution in [1.82, 2.24) is 5.12 Å². The van der Waals surface area contributed by atoms with Gasteiger partial charge in [0.15, 0.2) is 0 Å². The molecule has 0 aromatic heterocycles. The first-order valence-corrected chi connectivity index (χ1v) is 9.04. The smallest absolute Gasteiger partial charge is 0.261 e. The van der Waals surface area contributed by atoms with Crippen LogP contribution in [0, 0.1) is 6.92 Å². The molecule has 0 unspecified atom stereocenters. The van der Waals surface area contributed by atoms with Gasteiger partial charge in [-0.1, -0.05) is 31.2 Å². The van der Waals surface area contributed by atoms with E-state index in [-0.39, 0.29) is 12.3 Å². The lowest BCUT2D eigenvalue weighted by atomic mass is 10.0. The number of anilines is 1. The van der Waals surface area contributed by atoms with E-state index < -0.39 is 10.0 Å². The first-order valence-electron chi connectivity index (χ1n) is 7.56. The zero-order valence-corrected chi connectivity index (χ0v) is 13.7. The maximum atomic E-state index is 13.4. The van der Waals surface area contributed by atoms with Crippen LogP contribution in [0.25, 0.3) is 0 Å². The van der Waals surface area contributed by atoms with Gasteiger partial charge in [0.05, 0.1) is 4.90 Å². The Balaban J connectivity index is 0.00000208. The monoisotopic (exact) mass is 350 g/mol. The second-order valence-corrected chi connectivity index (χ2v) is 7.49. The molecule has 0 spiro atoms. The largest absolute Gasteiger partial charge is 0.280 e. The summed E-state index contributed by atoms with van der Waals surface area (Å²) in [5.74, 6) is 0. The molecule has 0 saturated heterocycles. The van der Waals surface area contributed by atoms with Gasteiger partial charge in [0.1, 0.15) is 0 Å². The molecule has 1 heterocycles. The maximum Gasteiger partial charge on any atom is 0.261 e. The highest BCUT2D eigenvalue weighted by Gasteiger charge is 2.17. The fourth-order valence-electron chi connectivity index (χ4n) is 2.69. The van der Waals surface area contributed by atoms with Crippen LogP contribution in [0.15, 0.2) is 47.4 Å². The molecular weight excluding hydrogens is 327 g/mol. The van der Waals surface area contributed by atoms with Crippen LogP contribution in [-0.2, 0) is 22.9 Å². The average molecular weight is 350 g/mol. The Morgan fingerprint density at radius 2 is 1.62 bits per heavy atom. The van der Waals surface area contributed by atoms with E-state index in [0.29, 0.717) is 31.6 Å². The molecule has 130 valence electrons. The Hall–Kier alpha value is -1.92. The molecular formula is C18H23FN2O2S. The molecule has 1 N–H and O–H groups in total. The zero-order valence-electron chi connectivity index (χ0n) is 12.9. The van der Waals surface area contributed by atoms with Gasteiger partial charge in [0.2, 0.25) is 0 Å². The molecule has 4 nitrogen and oxygen atoms in total. The lowest BCUT2D eigenvalue weighted by Crippen LogP contribution is -2.16. The number of nitrogens with zero attached hydrogens (tertiary/aromatic N) is 1. The van der Waals surface area contributed by atoms with Gasteiger partial charge in [-0.3, -0.25) is 4.72 Å². The van der Waals surface area contributed by atoms with Crippen LogP contribution in [-0.4, -0.2) is 26.6 Å². The minimum Gasteiger partial charge on any atom is -0.280 e. The summed E-state index contributed by atoms with van der Waals surface area (Å²) in [6, 6.07) is 12.1. The third-order valence-corrected chi connectivity index (χ3v) is 5.43. The summed E-state index contributed by atoms with van der Waals surface area (Å²) in [6.45, 7) is 2.62. The number of rotatable bonds is 3. The van der Waals surface area contributed by atoms with E-state index in [9.17, 15) is 12.9 Å². The number of aryl methyl sites for hydroxylation is 1. The highest BCUT2D eigenvalue weighted by Crippen LogP contribution is 2.23. The first kappa shape index (κ1) is 18.4. The predicted octanol–water partition coefficient (Wildman–Crippen LogP) is 3.72. The van der Waals surface area contributed by atoms with Crippen molar-refractivity contribution in [2.45, 2.75) is 32.1 Å². The summed E-state index contributed by atoms with van der Waals surface area (Å²) in [5, 5.41) is 0.802. The minimum atomic E-state index is -3.61. The molecule has 2 aromatic carbocycles. The van der Waals surface area contributed by atoms with Gasteiger partial charge < -0.3 is 0 Å². The second kappa shape index (κ2) is 7.32. The third kappa shape index (κ3) is 4.13. The third-order valence-electron chi connectivity index (χ3n) is 4.04. The van der Waals surface area contributed by atoms with Crippen molar-refractivity contribution in [3.63, 3.8) is 0 Å². The van der Waals surface area contributed by atoms with Crippen molar-refractivity contribution in [3.05, 3.63) is 59.2 Å². The molecule has 0 amide bonds. The summed E-state index contributed by atoms with van der Waals surface area (Å²) < 4.78 is 40.8. The Labute approximate surface area is 143 Å². The van der Waals surface area contributed by atoms with Crippen molar-refractivity contribution < 1.29 is 12.9 Å². The highest BCUT2D eigenvalue weighted by molar-refractivity contribution is 7.92. The van der Waals surface area contributed by atoms with E-state index in [1.54, 1.807) is 36.4 Å². The number of hydrogen-bond acceptors (Lipinski definition) is 3. The fourth-order valence-corrected chi connectivity index (χ4v) is 3.74. The summed E-state index contributed by atoms with van der Waals surface area (Å²) in [6.07, 6.45) is 1.21. The number of nitrogens with one attached hydrogen (secondary N) is 1. The predicted molar refractivity (Wildman–Crippen MR) is 95.2 cm³/mol. The quantitative estimate of drug-likeness (QED) is 0.859. The van der Waals surface area contributed by atoms with Gasteiger partial charge in [-0.15, -0.1) is 9.60 Å². The number of hydrogen-bond donors (Lipinski definition) is 1. The second-order valence-electron chi connectivity index (χ2n) is 5.81.